The molecule has 138 valence electrons. The molecule has 27 heavy (non-hydrogen) atoms. The first-order chi connectivity index (χ1) is 13.2. The maximum atomic E-state index is 12.3. The van der Waals surface area contributed by atoms with Crippen molar-refractivity contribution in [2.75, 3.05) is 17.7 Å². The number of hydrogen-bond acceptors (Lipinski definition) is 3. The van der Waals surface area contributed by atoms with Crippen molar-refractivity contribution in [1.82, 2.24) is 0 Å². The molecule has 2 N–H and O–H groups in total. The van der Waals surface area contributed by atoms with Gasteiger partial charge in [0.2, 0.25) is 5.91 Å². The van der Waals surface area contributed by atoms with Crippen molar-refractivity contribution in [3.8, 4) is 5.75 Å². The molecule has 0 atom stereocenters. The highest BCUT2D eigenvalue weighted by atomic mass is 16.5. The van der Waals surface area contributed by atoms with Crippen LogP contribution in [0, 0.1) is 6.92 Å². The Morgan fingerprint density at radius 2 is 1.48 bits per heavy atom. The summed E-state index contributed by atoms with van der Waals surface area (Å²) in [4.78, 5) is 12.3. The number of benzene rings is 3. The maximum absolute atomic E-state index is 12.3. The van der Waals surface area contributed by atoms with Gasteiger partial charge in [-0.15, -0.1) is 0 Å². The van der Waals surface area contributed by atoms with Crippen LogP contribution < -0.4 is 15.4 Å². The molecule has 3 aromatic carbocycles. The van der Waals surface area contributed by atoms with Crippen LogP contribution in [0.4, 0.5) is 11.4 Å². The summed E-state index contributed by atoms with van der Waals surface area (Å²) in [5.41, 5.74) is 5.04. The lowest BCUT2D eigenvalue weighted by atomic mass is 10.1. The number of methoxy groups -OCH3 is 1. The quantitative estimate of drug-likeness (QED) is 0.636. The van der Waals surface area contributed by atoms with Crippen LogP contribution in [-0.2, 0) is 17.8 Å². The van der Waals surface area contributed by atoms with E-state index in [0.717, 1.165) is 33.8 Å². The van der Waals surface area contributed by atoms with E-state index in [1.807, 2.05) is 79.7 Å². The lowest BCUT2D eigenvalue weighted by Crippen LogP contribution is -2.15. The van der Waals surface area contributed by atoms with Crippen LogP contribution in [0.2, 0.25) is 0 Å². The minimum atomic E-state index is -0.0148. The average molecular weight is 360 g/mol. The Morgan fingerprint density at radius 1 is 0.852 bits per heavy atom. The smallest absolute Gasteiger partial charge is 0.228 e. The summed E-state index contributed by atoms with van der Waals surface area (Å²) in [6, 6.07) is 23.6. The normalized spacial score (nSPS) is 10.3. The molecule has 1 amide bonds. The first-order valence-corrected chi connectivity index (χ1v) is 8.96. The van der Waals surface area contributed by atoms with E-state index in [9.17, 15) is 4.79 Å². The molecule has 3 aromatic rings. The number of para-hydroxylation sites is 1. The van der Waals surface area contributed by atoms with Gasteiger partial charge in [0.15, 0.2) is 0 Å². The first-order valence-electron chi connectivity index (χ1n) is 8.96. The third kappa shape index (κ3) is 5.11. The molecule has 0 aliphatic carbocycles. The lowest BCUT2D eigenvalue weighted by molar-refractivity contribution is -0.115. The molecule has 0 unspecified atom stereocenters. The van der Waals surface area contributed by atoms with Crippen molar-refractivity contribution in [3.05, 3.63) is 89.5 Å². The average Bonchev–Trinajstić information content (AvgIpc) is 2.69. The standard InChI is InChI=1S/C23H24N2O2/c1-17-7-3-4-8-18(17)15-23(26)25-21-13-11-20(12-14-21)24-16-19-9-5-6-10-22(19)27-2/h3-14,24H,15-16H2,1-2H3,(H,25,26). The van der Waals surface area contributed by atoms with Gasteiger partial charge in [0.25, 0.3) is 0 Å². The molecule has 0 heterocycles. The molecular formula is C23H24N2O2. The summed E-state index contributed by atoms with van der Waals surface area (Å²) in [7, 11) is 1.67. The van der Waals surface area contributed by atoms with Crippen LogP contribution in [0.15, 0.2) is 72.8 Å². The molecule has 0 saturated heterocycles. The third-order valence-electron chi connectivity index (χ3n) is 4.46. The van der Waals surface area contributed by atoms with E-state index in [1.165, 1.54) is 0 Å². The summed E-state index contributed by atoms with van der Waals surface area (Å²) in [5.74, 6) is 0.851. The van der Waals surface area contributed by atoms with E-state index < -0.39 is 0 Å². The fourth-order valence-corrected chi connectivity index (χ4v) is 2.90. The second-order valence-corrected chi connectivity index (χ2v) is 6.39. The molecule has 0 radical (unpaired) electrons. The monoisotopic (exact) mass is 360 g/mol. The fraction of sp³-hybridized carbons (Fsp3) is 0.174. The van der Waals surface area contributed by atoms with Crippen LogP contribution in [0.1, 0.15) is 16.7 Å². The second kappa shape index (κ2) is 8.90. The molecule has 4 nitrogen and oxygen atoms in total. The Kier molecular flexibility index (Phi) is 6.10. The number of aryl methyl sites for hydroxylation is 1. The van der Waals surface area contributed by atoms with Gasteiger partial charge < -0.3 is 15.4 Å². The van der Waals surface area contributed by atoms with E-state index in [1.54, 1.807) is 7.11 Å². The molecule has 0 fully saturated rings. The summed E-state index contributed by atoms with van der Waals surface area (Å²) < 4.78 is 5.37. The van der Waals surface area contributed by atoms with Gasteiger partial charge in [0, 0.05) is 23.5 Å². The van der Waals surface area contributed by atoms with Crippen LogP contribution in [0.3, 0.4) is 0 Å². The van der Waals surface area contributed by atoms with Gasteiger partial charge in [0.05, 0.1) is 13.5 Å². The van der Waals surface area contributed by atoms with Gasteiger partial charge in [-0.05, 0) is 48.4 Å². The van der Waals surface area contributed by atoms with Gasteiger partial charge in [-0.3, -0.25) is 4.79 Å². The van der Waals surface area contributed by atoms with E-state index in [4.69, 9.17) is 4.74 Å². The number of anilines is 2. The summed E-state index contributed by atoms with van der Waals surface area (Å²) in [6.07, 6.45) is 0.375. The highest BCUT2D eigenvalue weighted by molar-refractivity contribution is 5.92. The number of hydrogen-bond donors (Lipinski definition) is 2. The number of amides is 1. The van der Waals surface area contributed by atoms with Crippen molar-refractivity contribution in [2.24, 2.45) is 0 Å². The number of rotatable bonds is 7. The van der Waals surface area contributed by atoms with Crippen molar-refractivity contribution >= 4 is 17.3 Å². The SMILES string of the molecule is COc1ccccc1CNc1ccc(NC(=O)Cc2ccccc2C)cc1. The minimum absolute atomic E-state index is 0.0148. The maximum Gasteiger partial charge on any atom is 0.228 e. The van der Waals surface area contributed by atoms with E-state index in [-0.39, 0.29) is 5.91 Å². The van der Waals surface area contributed by atoms with Gasteiger partial charge in [-0.25, -0.2) is 0 Å². The first kappa shape index (κ1) is 18.5. The molecule has 0 aromatic heterocycles. The van der Waals surface area contributed by atoms with Gasteiger partial charge in [-0.2, -0.15) is 0 Å². The molecule has 4 heteroatoms. The van der Waals surface area contributed by atoms with Crippen LogP contribution in [-0.4, -0.2) is 13.0 Å². The Hall–Kier alpha value is -3.27. The van der Waals surface area contributed by atoms with Crippen molar-refractivity contribution in [2.45, 2.75) is 19.9 Å². The molecule has 0 bridgehead atoms. The van der Waals surface area contributed by atoms with Crippen LogP contribution in [0.5, 0.6) is 5.75 Å². The number of ether oxygens (including phenoxy) is 1. The second-order valence-electron chi connectivity index (χ2n) is 6.39. The zero-order valence-corrected chi connectivity index (χ0v) is 15.7. The summed E-state index contributed by atoms with van der Waals surface area (Å²) in [6.45, 7) is 2.69. The summed E-state index contributed by atoms with van der Waals surface area (Å²) >= 11 is 0. The molecule has 3 rings (SSSR count). The molecular weight excluding hydrogens is 336 g/mol. The highest BCUT2D eigenvalue weighted by Gasteiger charge is 2.06. The number of carbonyl (C=O) groups excluding carboxylic acids is 1. The topological polar surface area (TPSA) is 50.4 Å². The zero-order chi connectivity index (χ0) is 19.1. The van der Waals surface area contributed by atoms with Crippen LogP contribution >= 0.6 is 0 Å². The summed E-state index contributed by atoms with van der Waals surface area (Å²) in [5, 5.41) is 6.32. The predicted molar refractivity (Wildman–Crippen MR) is 110 cm³/mol. The third-order valence-corrected chi connectivity index (χ3v) is 4.46. The minimum Gasteiger partial charge on any atom is -0.496 e. The zero-order valence-electron chi connectivity index (χ0n) is 15.7. The Bertz CT molecular complexity index is 904. The Balaban J connectivity index is 1.55. The highest BCUT2D eigenvalue weighted by Crippen LogP contribution is 2.20. The van der Waals surface area contributed by atoms with Crippen molar-refractivity contribution in [3.63, 3.8) is 0 Å². The van der Waals surface area contributed by atoms with Gasteiger partial charge in [0.1, 0.15) is 5.75 Å². The molecule has 0 spiro atoms. The van der Waals surface area contributed by atoms with Crippen LogP contribution in [0.25, 0.3) is 0 Å². The van der Waals surface area contributed by atoms with Gasteiger partial charge >= 0.3 is 0 Å². The predicted octanol–water partition coefficient (Wildman–Crippen LogP) is 4.80. The Labute approximate surface area is 160 Å². The van der Waals surface area contributed by atoms with Crippen molar-refractivity contribution in [1.29, 1.82) is 0 Å². The molecule has 0 aliphatic rings. The van der Waals surface area contributed by atoms with E-state index in [0.29, 0.717) is 13.0 Å². The molecule has 0 saturated carbocycles. The lowest BCUT2D eigenvalue weighted by Gasteiger charge is -2.11. The van der Waals surface area contributed by atoms with E-state index >= 15 is 0 Å². The Morgan fingerprint density at radius 3 is 2.19 bits per heavy atom. The molecule has 0 aliphatic heterocycles. The van der Waals surface area contributed by atoms with E-state index in [2.05, 4.69) is 10.6 Å². The van der Waals surface area contributed by atoms with Gasteiger partial charge in [-0.1, -0.05) is 42.5 Å². The number of nitrogens with one attached hydrogen (secondary N) is 2. The largest absolute Gasteiger partial charge is 0.496 e. The van der Waals surface area contributed by atoms with Crippen molar-refractivity contribution < 1.29 is 9.53 Å². The number of carbonyl (C=O) groups is 1. The fourth-order valence-electron chi connectivity index (χ4n) is 2.90.